The Labute approximate surface area is 103 Å². The molecule has 1 N–H and O–H groups in total. The summed E-state index contributed by atoms with van der Waals surface area (Å²) in [6.07, 6.45) is 2.70. The van der Waals surface area contributed by atoms with Crippen molar-refractivity contribution >= 4 is 0 Å². The zero-order valence-corrected chi connectivity index (χ0v) is 11.1. The topological polar surface area (TPSA) is 43.4 Å². The molecular weight excluding hydrogens is 216 g/mol. The van der Waals surface area contributed by atoms with E-state index in [2.05, 4.69) is 24.1 Å². The van der Waals surface area contributed by atoms with Gasteiger partial charge in [0.2, 0.25) is 5.88 Å². The monoisotopic (exact) mass is 238 g/mol. The van der Waals surface area contributed by atoms with Gasteiger partial charge >= 0.3 is 0 Å². The van der Waals surface area contributed by atoms with Gasteiger partial charge in [0.25, 0.3) is 0 Å². The van der Waals surface area contributed by atoms with Gasteiger partial charge in [-0.05, 0) is 32.9 Å². The number of hydrogen-bond donors (Lipinski definition) is 1. The van der Waals surface area contributed by atoms with Crippen molar-refractivity contribution in [3.8, 4) is 5.88 Å². The minimum atomic E-state index is -0.0774. The maximum absolute atomic E-state index is 5.36. The van der Waals surface area contributed by atoms with Gasteiger partial charge in [0.05, 0.1) is 12.7 Å². The maximum Gasteiger partial charge on any atom is 0.217 e. The van der Waals surface area contributed by atoms with Crippen LogP contribution in [0.5, 0.6) is 5.88 Å². The van der Waals surface area contributed by atoms with Gasteiger partial charge < -0.3 is 14.8 Å². The molecule has 0 aliphatic heterocycles. The van der Waals surface area contributed by atoms with Gasteiger partial charge in [0.1, 0.15) is 0 Å². The zero-order chi connectivity index (χ0) is 12.7. The molecule has 0 radical (unpaired) electrons. The van der Waals surface area contributed by atoms with E-state index in [9.17, 15) is 0 Å². The third kappa shape index (κ3) is 4.71. The number of hydrogen-bond acceptors (Lipinski definition) is 4. The summed E-state index contributed by atoms with van der Waals surface area (Å²) in [5.74, 6) is 0.686. The molecule has 0 aliphatic rings. The molecule has 0 aliphatic carbocycles. The molecule has 1 aromatic heterocycles. The summed E-state index contributed by atoms with van der Waals surface area (Å²) < 4.78 is 10.5. The molecule has 17 heavy (non-hydrogen) atoms. The molecule has 1 heterocycles. The molecule has 96 valence electrons. The third-order valence-electron chi connectivity index (χ3n) is 2.82. The van der Waals surface area contributed by atoms with E-state index in [0.717, 1.165) is 25.1 Å². The van der Waals surface area contributed by atoms with Gasteiger partial charge in [-0.25, -0.2) is 4.98 Å². The second kappa shape index (κ2) is 6.57. The average molecular weight is 238 g/mol. The molecule has 4 nitrogen and oxygen atoms in total. The minimum Gasteiger partial charge on any atom is -0.481 e. The summed E-state index contributed by atoms with van der Waals surface area (Å²) in [7, 11) is 3.38. The van der Waals surface area contributed by atoms with E-state index < -0.39 is 0 Å². The maximum atomic E-state index is 5.36. The Bertz CT molecular complexity index is 340. The SMILES string of the molecule is COc1ncccc1CNCCC(C)(C)OC. The predicted octanol–water partition coefficient (Wildman–Crippen LogP) is 1.99. The van der Waals surface area contributed by atoms with E-state index in [1.165, 1.54) is 0 Å². The van der Waals surface area contributed by atoms with E-state index in [1.807, 2.05) is 12.1 Å². The molecule has 0 fully saturated rings. The fourth-order valence-electron chi connectivity index (χ4n) is 1.46. The number of nitrogens with one attached hydrogen (secondary N) is 1. The first kappa shape index (κ1) is 13.9. The summed E-state index contributed by atoms with van der Waals surface area (Å²) in [4.78, 5) is 4.15. The van der Waals surface area contributed by atoms with Crippen molar-refractivity contribution in [3.05, 3.63) is 23.9 Å². The van der Waals surface area contributed by atoms with Crippen LogP contribution in [-0.2, 0) is 11.3 Å². The number of pyridine rings is 1. The average Bonchev–Trinajstić information content (AvgIpc) is 2.35. The molecular formula is C13H22N2O2. The van der Waals surface area contributed by atoms with Crippen molar-refractivity contribution in [3.63, 3.8) is 0 Å². The quantitative estimate of drug-likeness (QED) is 0.738. The molecule has 1 aromatic rings. The molecule has 0 atom stereocenters. The third-order valence-corrected chi connectivity index (χ3v) is 2.82. The molecule has 0 bridgehead atoms. The standard InChI is InChI=1S/C13H22N2O2/c1-13(2,17-4)7-9-14-10-11-6-5-8-15-12(11)16-3/h5-6,8,14H,7,9-10H2,1-4H3. The van der Waals surface area contributed by atoms with Crippen LogP contribution in [0.25, 0.3) is 0 Å². The Morgan fingerprint density at radius 3 is 2.76 bits per heavy atom. The Kier molecular flexibility index (Phi) is 5.38. The van der Waals surface area contributed by atoms with Crippen molar-refractivity contribution in [1.82, 2.24) is 10.3 Å². The largest absolute Gasteiger partial charge is 0.481 e. The summed E-state index contributed by atoms with van der Waals surface area (Å²) in [6.45, 7) is 5.83. The van der Waals surface area contributed by atoms with Crippen LogP contribution >= 0.6 is 0 Å². The van der Waals surface area contributed by atoms with Gasteiger partial charge in [-0.2, -0.15) is 0 Å². The van der Waals surface area contributed by atoms with Gasteiger partial charge in [-0.15, -0.1) is 0 Å². The van der Waals surface area contributed by atoms with E-state index in [0.29, 0.717) is 5.88 Å². The zero-order valence-electron chi connectivity index (χ0n) is 11.1. The highest BCUT2D eigenvalue weighted by atomic mass is 16.5. The normalized spacial score (nSPS) is 11.5. The molecule has 0 saturated carbocycles. The summed E-state index contributed by atoms with van der Waals surface area (Å²) in [5.41, 5.74) is 0.997. The summed E-state index contributed by atoms with van der Waals surface area (Å²) in [5, 5.41) is 3.37. The number of rotatable bonds is 7. The lowest BCUT2D eigenvalue weighted by Gasteiger charge is -2.22. The Morgan fingerprint density at radius 2 is 2.12 bits per heavy atom. The Balaban J connectivity index is 2.36. The van der Waals surface area contributed by atoms with E-state index in [1.54, 1.807) is 20.4 Å². The molecule has 0 aromatic carbocycles. The van der Waals surface area contributed by atoms with Gasteiger partial charge in [-0.3, -0.25) is 0 Å². The highest BCUT2D eigenvalue weighted by Crippen LogP contribution is 2.14. The number of nitrogens with zero attached hydrogens (tertiary/aromatic N) is 1. The van der Waals surface area contributed by atoms with Crippen LogP contribution in [0.15, 0.2) is 18.3 Å². The number of methoxy groups -OCH3 is 2. The van der Waals surface area contributed by atoms with Crippen LogP contribution in [-0.4, -0.2) is 31.3 Å². The number of aromatic nitrogens is 1. The van der Waals surface area contributed by atoms with Crippen LogP contribution in [0.1, 0.15) is 25.8 Å². The Hall–Kier alpha value is -1.13. The second-order valence-electron chi connectivity index (χ2n) is 4.56. The van der Waals surface area contributed by atoms with Crippen molar-refractivity contribution in [2.45, 2.75) is 32.4 Å². The predicted molar refractivity (Wildman–Crippen MR) is 68.2 cm³/mol. The van der Waals surface area contributed by atoms with Crippen molar-refractivity contribution < 1.29 is 9.47 Å². The summed E-state index contributed by atoms with van der Waals surface area (Å²) in [6, 6.07) is 3.93. The Morgan fingerprint density at radius 1 is 1.35 bits per heavy atom. The first-order chi connectivity index (χ1) is 8.09. The van der Waals surface area contributed by atoms with Crippen LogP contribution in [0, 0.1) is 0 Å². The lowest BCUT2D eigenvalue weighted by Crippen LogP contribution is -2.28. The summed E-state index contributed by atoms with van der Waals surface area (Å²) >= 11 is 0. The second-order valence-corrected chi connectivity index (χ2v) is 4.56. The molecule has 4 heteroatoms. The van der Waals surface area contributed by atoms with Gasteiger partial charge in [0, 0.05) is 25.4 Å². The lowest BCUT2D eigenvalue weighted by atomic mass is 10.1. The molecule has 0 spiro atoms. The first-order valence-corrected chi connectivity index (χ1v) is 5.83. The van der Waals surface area contributed by atoms with Crippen LogP contribution < -0.4 is 10.1 Å². The fraction of sp³-hybridized carbons (Fsp3) is 0.615. The molecule has 0 amide bonds. The number of ether oxygens (including phenoxy) is 2. The van der Waals surface area contributed by atoms with Crippen LogP contribution in [0.2, 0.25) is 0 Å². The highest BCUT2D eigenvalue weighted by Gasteiger charge is 2.15. The van der Waals surface area contributed by atoms with E-state index in [4.69, 9.17) is 9.47 Å². The fourth-order valence-corrected chi connectivity index (χ4v) is 1.46. The van der Waals surface area contributed by atoms with Crippen LogP contribution in [0.3, 0.4) is 0 Å². The van der Waals surface area contributed by atoms with Crippen molar-refractivity contribution in [2.75, 3.05) is 20.8 Å². The smallest absolute Gasteiger partial charge is 0.217 e. The first-order valence-electron chi connectivity index (χ1n) is 5.83. The van der Waals surface area contributed by atoms with Crippen molar-refractivity contribution in [2.24, 2.45) is 0 Å². The molecule has 0 unspecified atom stereocenters. The van der Waals surface area contributed by atoms with Crippen LogP contribution in [0.4, 0.5) is 0 Å². The van der Waals surface area contributed by atoms with E-state index in [-0.39, 0.29) is 5.60 Å². The van der Waals surface area contributed by atoms with Gasteiger partial charge in [-0.1, -0.05) is 6.07 Å². The highest BCUT2D eigenvalue weighted by molar-refractivity contribution is 5.24. The lowest BCUT2D eigenvalue weighted by molar-refractivity contribution is 0.0158. The van der Waals surface area contributed by atoms with E-state index >= 15 is 0 Å². The minimum absolute atomic E-state index is 0.0774. The molecule has 1 rings (SSSR count). The van der Waals surface area contributed by atoms with Crippen molar-refractivity contribution in [1.29, 1.82) is 0 Å². The molecule has 0 saturated heterocycles. The van der Waals surface area contributed by atoms with Gasteiger partial charge in [0.15, 0.2) is 0 Å².